The van der Waals surface area contributed by atoms with Gasteiger partial charge in [-0.2, -0.15) is 5.26 Å². The zero-order valence-corrected chi connectivity index (χ0v) is 10.5. The average molecular weight is 266 g/mol. The lowest BCUT2D eigenvalue weighted by molar-refractivity contribution is 0.178. The van der Waals surface area contributed by atoms with Gasteiger partial charge in [-0.1, -0.05) is 12.8 Å². The molecule has 19 heavy (non-hydrogen) atoms. The summed E-state index contributed by atoms with van der Waals surface area (Å²) in [7, 11) is 0. The Morgan fingerprint density at radius 1 is 1.26 bits per heavy atom. The highest BCUT2D eigenvalue weighted by Crippen LogP contribution is 2.29. The molecular formula is C14H16F2N2O. The second-order valence-corrected chi connectivity index (χ2v) is 4.88. The van der Waals surface area contributed by atoms with Crippen molar-refractivity contribution in [3.05, 3.63) is 29.3 Å². The predicted octanol–water partition coefficient (Wildman–Crippen LogP) is 2.80. The molecule has 1 fully saturated rings. The summed E-state index contributed by atoms with van der Waals surface area (Å²) in [5.74, 6) is -2.09. The van der Waals surface area contributed by atoms with Crippen LogP contribution in [-0.2, 0) is 0 Å². The van der Waals surface area contributed by atoms with Crippen LogP contribution in [0.3, 0.4) is 0 Å². The van der Waals surface area contributed by atoms with Gasteiger partial charge in [0.15, 0.2) is 11.6 Å². The number of rotatable bonds is 3. The third-order valence-electron chi connectivity index (χ3n) is 3.69. The average Bonchev–Trinajstić information content (AvgIpc) is 2.45. The fraction of sp³-hybridized carbons (Fsp3) is 0.500. The summed E-state index contributed by atoms with van der Waals surface area (Å²) in [6, 6.07) is 4.19. The molecule has 0 bridgehead atoms. The number of nitrogens with one attached hydrogen (secondary N) is 1. The van der Waals surface area contributed by atoms with Crippen molar-refractivity contribution >= 4 is 5.69 Å². The zero-order valence-electron chi connectivity index (χ0n) is 10.5. The van der Waals surface area contributed by atoms with Crippen molar-refractivity contribution in [2.75, 3.05) is 11.9 Å². The number of hydrogen-bond donors (Lipinski definition) is 2. The summed E-state index contributed by atoms with van der Waals surface area (Å²) >= 11 is 0. The monoisotopic (exact) mass is 266 g/mol. The van der Waals surface area contributed by atoms with E-state index < -0.39 is 11.6 Å². The molecule has 1 aromatic rings. The second kappa shape index (κ2) is 5.98. The molecule has 2 atom stereocenters. The lowest BCUT2D eigenvalue weighted by Gasteiger charge is -2.31. The SMILES string of the molecule is N#Cc1ccc(NC2CCCCC2CO)c(F)c1F. The molecule has 0 aliphatic heterocycles. The second-order valence-electron chi connectivity index (χ2n) is 4.88. The van der Waals surface area contributed by atoms with Crippen LogP contribution in [0.15, 0.2) is 12.1 Å². The molecule has 1 aliphatic carbocycles. The number of hydrogen-bond acceptors (Lipinski definition) is 3. The molecule has 0 saturated heterocycles. The van der Waals surface area contributed by atoms with E-state index in [2.05, 4.69) is 5.32 Å². The number of nitriles is 1. The van der Waals surface area contributed by atoms with E-state index in [1.807, 2.05) is 0 Å². The van der Waals surface area contributed by atoms with Crippen molar-refractivity contribution in [2.45, 2.75) is 31.7 Å². The molecule has 2 rings (SSSR count). The largest absolute Gasteiger partial charge is 0.396 e. The molecule has 102 valence electrons. The van der Waals surface area contributed by atoms with Crippen LogP contribution in [0.4, 0.5) is 14.5 Å². The summed E-state index contributed by atoms with van der Waals surface area (Å²) in [4.78, 5) is 0. The Kier molecular flexibility index (Phi) is 4.33. The van der Waals surface area contributed by atoms with Gasteiger partial charge in [0.2, 0.25) is 0 Å². The minimum absolute atomic E-state index is 0.0397. The van der Waals surface area contributed by atoms with E-state index in [0.29, 0.717) is 0 Å². The summed E-state index contributed by atoms with van der Waals surface area (Å²) in [6.07, 6.45) is 3.77. The van der Waals surface area contributed by atoms with Gasteiger partial charge in [-0.25, -0.2) is 8.78 Å². The van der Waals surface area contributed by atoms with Crippen LogP contribution in [0.2, 0.25) is 0 Å². The molecule has 3 nitrogen and oxygen atoms in total. The first-order chi connectivity index (χ1) is 9.17. The van der Waals surface area contributed by atoms with Gasteiger partial charge in [0.05, 0.1) is 11.3 Å². The van der Waals surface area contributed by atoms with Crippen molar-refractivity contribution in [1.29, 1.82) is 5.26 Å². The summed E-state index contributed by atoms with van der Waals surface area (Å²) in [6.45, 7) is 0.0397. The first-order valence-electron chi connectivity index (χ1n) is 6.43. The maximum Gasteiger partial charge on any atom is 0.183 e. The van der Waals surface area contributed by atoms with Gasteiger partial charge in [-0.3, -0.25) is 0 Å². The maximum atomic E-state index is 13.8. The number of aliphatic hydroxyl groups is 1. The fourth-order valence-electron chi connectivity index (χ4n) is 2.56. The molecule has 1 aromatic carbocycles. The predicted molar refractivity (Wildman–Crippen MR) is 67.5 cm³/mol. The fourth-order valence-corrected chi connectivity index (χ4v) is 2.56. The van der Waals surface area contributed by atoms with Gasteiger partial charge in [-0.05, 0) is 25.0 Å². The minimum atomic E-state index is -1.12. The molecule has 0 aromatic heterocycles. The van der Waals surface area contributed by atoms with E-state index in [9.17, 15) is 13.9 Å². The smallest absolute Gasteiger partial charge is 0.183 e. The number of anilines is 1. The van der Waals surface area contributed by atoms with E-state index in [1.54, 1.807) is 6.07 Å². The lowest BCUT2D eigenvalue weighted by atomic mass is 9.85. The molecule has 0 radical (unpaired) electrons. The van der Waals surface area contributed by atoms with Gasteiger partial charge in [-0.15, -0.1) is 0 Å². The highest BCUT2D eigenvalue weighted by molar-refractivity contribution is 5.50. The number of halogens is 2. The van der Waals surface area contributed by atoms with Crippen molar-refractivity contribution < 1.29 is 13.9 Å². The van der Waals surface area contributed by atoms with E-state index in [1.165, 1.54) is 12.1 Å². The van der Waals surface area contributed by atoms with E-state index in [-0.39, 0.29) is 29.8 Å². The normalized spacial score (nSPS) is 22.8. The van der Waals surface area contributed by atoms with E-state index in [4.69, 9.17) is 5.26 Å². The topological polar surface area (TPSA) is 56.0 Å². The molecule has 2 N–H and O–H groups in total. The summed E-state index contributed by atoms with van der Waals surface area (Å²) in [5.41, 5.74) is -0.243. The van der Waals surface area contributed by atoms with Crippen LogP contribution in [0.25, 0.3) is 0 Å². The summed E-state index contributed by atoms with van der Waals surface area (Å²) in [5, 5.41) is 20.9. The van der Waals surface area contributed by atoms with Gasteiger partial charge < -0.3 is 10.4 Å². The minimum Gasteiger partial charge on any atom is -0.396 e. The van der Waals surface area contributed by atoms with Gasteiger partial charge in [0, 0.05) is 18.6 Å². The van der Waals surface area contributed by atoms with Crippen LogP contribution >= 0.6 is 0 Å². The molecule has 0 heterocycles. The lowest BCUT2D eigenvalue weighted by Crippen LogP contribution is -2.34. The Morgan fingerprint density at radius 3 is 2.68 bits per heavy atom. The third kappa shape index (κ3) is 2.85. The van der Waals surface area contributed by atoms with E-state index >= 15 is 0 Å². The Hall–Kier alpha value is -1.67. The van der Waals surface area contributed by atoms with Crippen molar-refractivity contribution in [2.24, 2.45) is 5.92 Å². The van der Waals surface area contributed by atoms with E-state index in [0.717, 1.165) is 25.7 Å². The highest BCUT2D eigenvalue weighted by atomic mass is 19.2. The van der Waals surface area contributed by atoms with Crippen molar-refractivity contribution in [3.63, 3.8) is 0 Å². The maximum absolute atomic E-state index is 13.8. The molecule has 5 heteroatoms. The number of nitrogens with zero attached hydrogens (tertiary/aromatic N) is 1. The number of aliphatic hydroxyl groups excluding tert-OH is 1. The molecule has 1 aliphatic rings. The van der Waals surface area contributed by atoms with Crippen molar-refractivity contribution in [3.8, 4) is 6.07 Å². The Balaban J connectivity index is 2.19. The molecule has 0 spiro atoms. The zero-order chi connectivity index (χ0) is 13.8. The standard InChI is InChI=1S/C14H16F2N2O/c15-13-9(7-17)5-6-12(14(13)16)18-11-4-2-1-3-10(11)8-19/h5-6,10-11,18-19H,1-4,8H2. The van der Waals surface area contributed by atoms with Gasteiger partial charge >= 0.3 is 0 Å². The molecule has 2 unspecified atom stereocenters. The van der Waals surface area contributed by atoms with Crippen LogP contribution in [0.5, 0.6) is 0 Å². The Labute approximate surface area is 110 Å². The van der Waals surface area contributed by atoms with Gasteiger partial charge in [0.1, 0.15) is 6.07 Å². The van der Waals surface area contributed by atoms with Crippen molar-refractivity contribution in [1.82, 2.24) is 0 Å². The van der Waals surface area contributed by atoms with Crippen LogP contribution in [-0.4, -0.2) is 17.8 Å². The summed E-state index contributed by atoms with van der Waals surface area (Å²) < 4.78 is 27.3. The van der Waals surface area contributed by atoms with Crippen LogP contribution < -0.4 is 5.32 Å². The first kappa shape index (κ1) is 13.8. The van der Waals surface area contributed by atoms with Crippen LogP contribution in [0.1, 0.15) is 31.2 Å². The Morgan fingerprint density at radius 2 is 2.00 bits per heavy atom. The molecule has 1 saturated carbocycles. The van der Waals surface area contributed by atoms with Crippen LogP contribution in [0, 0.1) is 28.9 Å². The Bertz CT molecular complexity index is 499. The molecular weight excluding hydrogens is 250 g/mol. The first-order valence-corrected chi connectivity index (χ1v) is 6.43. The number of benzene rings is 1. The highest BCUT2D eigenvalue weighted by Gasteiger charge is 2.25. The quantitative estimate of drug-likeness (QED) is 0.884. The third-order valence-corrected chi connectivity index (χ3v) is 3.69. The molecule has 0 amide bonds. The van der Waals surface area contributed by atoms with Gasteiger partial charge in [0.25, 0.3) is 0 Å².